The number of rotatable bonds is 9. The molecule has 1 aliphatic carbocycles. The number of benzene rings is 2. The molecule has 3 aliphatic rings. The van der Waals surface area contributed by atoms with Gasteiger partial charge in [0.25, 0.3) is 0 Å². The van der Waals surface area contributed by atoms with Crippen LogP contribution in [0.5, 0.6) is 0 Å². The second kappa shape index (κ2) is 10.3. The third-order valence-electron chi connectivity index (χ3n) is 8.12. The van der Waals surface area contributed by atoms with Crippen LogP contribution in [0.1, 0.15) is 45.1 Å². The van der Waals surface area contributed by atoms with Crippen LogP contribution < -0.4 is 5.32 Å². The molecule has 2 aromatic carbocycles. The summed E-state index contributed by atoms with van der Waals surface area (Å²) < 4.78 is 42.5. The Labute approximate surface area is 234 Å². The van der Waals surface area contributed by atoms with Gasteiger partial charge >= 0.3 is 0 Å². The molecule has 0 unspecified atom stereocenters. The monoisotopic (exact) mass is 572 g/mol. The fourth-order valence-electron chi connectivity index (χ4n) is 5.57. The lowest BCUT2D eigenvalue weighted by molar-refractivity contribution is -0.152. The van der Waals surface area contributed by atoms with E-state index >= 15 is 0 Å². The fraction of sp³-hybridized carbons (Fsp3) is 0.448. The predicted octanol–water partition coefficient (Wildman–Crippen LogP) is 4.78. The molecule has 0 radical (unpaired) electrons. The summed E-state index contributed by atoms with van der Waals surface area (Å²) in [6.07, 6.45) is 3.90. The molecule has 1 spiro atoms. The molecule has 7 nitrogen and oxygen atoms in total. The lowest BCUT2D eigenvalue weighted by Gasteiger charge is -2.56. The Kier molecular flexibility index (Phi) is 7.37. The van der Waals surface area contributed by atoms with E-state index in [-0.39, 0.29) is 35.3 Å². The van der Waals surface area contributed by atoms with Crippen LogP contribution in [-0.2, 0) is 21.4 Å². The highest BCUT2D eigenvalue weighted by atomic mass is 35.5. The summed E-state index contributed by atoms with van der Waals surface area (Å²) >= 11 is 5.83. The summed E-state index contributed by atoms with van der Waals surface area (Å²) in [5.41, 5.74) is 0.828. The Balaban J connectivity index is 1.30. The van der Waals surface area contributed by atoms with E-state index < -0.39 is 27.4 Å². The summed E-state index contributed by atoms with van der Waals surface area (Å²) in [5, 5.41) is 3.32. The van der Waals surface area contributed by atoms with Crippen molar-refractivity contribution in [2.75, 3.05) is 19.6 Å². The van der Waals surface area contributed by atoms with Gasteiger partial charge in [0.1, 0.15) is 11.7 Å². The molecule has 208 valence electrons. The maximum atomic E-state index is 14.1. The number of aliphatic imine (C=N–C) groups is 1. The Morgan fingerprint density at radius 3 is 2.51 bits per heavy atom. The molecule has 10 heteroatoms. The van der Waals surface area contributed by atoms with E-state index in [1.807, 2.05) is 18.7 Å². The molecular formula is C29H34ClFN4O3S. The Hall–Kier alpha value is -2.75. The zero-order valence-corrected chi connectivity index (χ0v) is 23.9. The number of amidine groups is 1. The van der Waals surface area contributed by atoms with Crippen LogP contribution in [0.3, 0.4) is 0 Å². The van der Waals surface area contributed by atoms with Crippen LogP contribution in [0.2, 0.25) is 5.02 Å². The van der Waals surface area contributed by atoms with E-state index in [9.17, 15) is 17.6 Å². The summed E-state index contributed by atoms with van der Waals surface area (Å²) in [5.74, 6) is -0.0683. The molecule has 1 amide bonds. The van der Waals surface area contributed by atoms with Gasteiger partial charge < -0.3 is 10.2 Å². The quantitative estimate of drug-likeness (QED) is 0.469. The number of carbonyl (C=O) groups excluding carboxylic acids is 1. The number of amides is 1. The lowest BCUT2D eigenvalue weighted by Crippen LogP contribution is -2.65. The van der Waals surface area contributed by atoms with E-state index in [1.165, 1.54) is 47.8 Å². The summed E-state index contributed by atoms with van der Waals surface area (Å²) in [7, 11) is -3.89. The van der Waals surface area contributed by atoms with Crippen molar-refractivity contribution >= 4 is 33.4 Å². The highest BCUT2D eigenvalue weighted by Crippen LogP contribution is 2.48. The lowest BCUT2D eigenvalue weighted by atomic mass is 9.63. The average molecular weight is 573 g/mol. The first-order valence-electron chi connectivity index (χ1n) is 13.2. The molecule has 39 heavy (non-hydrogen) atoms. The van der Waals surface area contributed by atoms with Crippen molar-refractivity contribution in [2.24, 2.45) is 10.4 Å². The highest BCUT2D eigenvalue weighted by Gasteiger charge is 2.52. The molecule has 1 N–H and O–H groups in total. The van der Waals surface area contributed by atoms with Crippen molar-refractivity contribution in [3.05, 3.63) is 77.1 Å². The number of halogens is 2. The standard InChI is InChI=1S/C29H34ClFN4O3S/c1-20(26-32-25(28(2,3)33-26)27(36)34-18-29(19-34)13-7-14-29)12-15-35(17-21-10-11-23(30)24(31)16-21)39(37,38)22-8-5-4-6-9-22/h4-6,8-11,16,25H,1,7,12-15,17-19H2,2-3H3,(H,32,33)/t25-/m0/s1. The molecule has 0 aromatic heterocycles. The number of hydrogen-bond acceptors (Lipinski definition) is 5. The normalized spacial score (nSPS) is 21.2. The van der Waals surface area contributed by atoms with Gasteiger partial charge in [0, 0.05) is 31.6 Å². The average Bonchev–Trinajstić information content (AvgIpc) is 3.17. The van der Waals surface area contributed by atoms with Crippen molar-refractivity contribution in [3.8, 4) is 0 Å². The molecule has 2 aromatic rings. The van der Waals surface area contributed by atoms with Crippen molar-refractivity contribution in [2.45, 2.75) is 62.6 Å². The summed E-state index contributed by atoms with van der Waals surface area (Å²) in [6.45, 7) is 9.72. The third-order valence-corrected chi connectivity index (χ3v) is 10.3. The minimum absolute atomic E-state index is 0.0193. The van der Waals surface area contributed by atoms with Crippen molar-refractivity contribution < 1.29 is 17.6 Å². The molecule has 2 fully saturated rings. The first kappa shape index (κ1) is 27.8. The number of hydrogen-bond donors (Lipinski definition) is 1. The zero-order chi connectivity index (χ0) is 28.0. The second-order valence-electron chi connectivity index (χ2n) is 11.5. The van der Waals surface area contributed by atoms with Gasteiger partial charge in [-0.2, -0.15) is 4.31 Å². The second-order valence-corrected chi connectivity index (χ2v) is 13.9. The molecule has 1 saturated carbocycles. The number of carbonyl (C=O) groups is 1. The van der Waals surface area contributed by atoms with Gasteiger partial charge in [0.05, 0.1) is 15.5 Å². The van der Waals surface area contributed by atoms with Gasteiger partial charge in [0.2, 0.25) is 15.9 Å². The Morgan fingerprint density at radius 1 is 1.21 bits per heavy atom. The van der Waals surface area contributed by atoms with E-state index in [1.54, 1.807) is 24.3 Å². The fourth-order valence-corrected chi connectivity index (χ4v) is 7.14. The van der Waals surface area contributed by atoms with Crippen LogP contribution in [0.25, 0.3) is 0 Å². The van der Waals surface area contributed by atoms with E-state index in [0.29, 0.717) is 22.4 Å². The van der Waals surface area contributed by atoms with Gasteiger partial charge in [-0.3, -0.25) is 9.79 Å². The predicted molar refractivity (Wildman–Crippen MR) is 151 cm³/mol. The number of nitrogens with zero attached hydrogens (tertiary/aromatic N) is 3. The van der Waals surface area contributed by atoms with E-state index in [0.717, 1.165) is 13.1 Å². The van der Waals surface area contributed by atoms with Gasteiger partial charge in [0.15, 0.2) is 6.04 Å². The largest absolute Gasteiger partial charge is 0.363 e. The van der Waals surface area contributed by atoms with Gasteiger partial charge in [-0.05, 0) is 68.5 Å². The minimum Gasteiger partial charge on any atom is -0.363 e. The molecule has 0 bridgehead atoms. The van der Waals surface area contributed by atoms with Crippen molar-refractivity contribution in [3.63, 3.8) is 0 Å². The molecule has 1 atom stereocenters. The molecule has 2 aliphatic heterocycles. The molecule has 2 heterocycles. The van der Waals surface area contributed by atoms with E-state index in [4.69, 9.17) is 16.6 Å². The van der Waals surface area contributed by atoms with Crippen molar-refractivity contribution in [1.82, 2.24) is 14.5 Å². The SMILES string of the molecule is C=C(CCN(Cc1ccc(Cl)c(F)c1)S(=O)(=O)c1ccccc1)C1=N[C@@H](C(=O)N2CC3(CCC3)C2)C(C)(C)N1. The Morgan fingerprint density at radius 2 is 1.90 bits per heavy atom. The van der Waals surface area contributed by atoms with Crippen LogP contribution in [0.4, 0.5) is 4.39 Å². The molecule has 1 saturated heterocycles. The first-order chi connectivity index (χ1) is 18.4. The maximum Gasteiger partial charge on any atom is 0.249 e. The van der Waals surface area contributed by atoms with E-state index in [2.05, 4.69) is 11.9 Å². The first-order valence-corrected chi connectivity index (χ1v) is 15.0. The molecular weight excluding hydrogens is 539 g/mol. The minimum atomic E-state index is -3.89. The highest BCUT2D eigenvalue weighted by molar-refractivity contribution is 7.89. The van der Waals surface area contributed by atoms with Crippen LogP contribution >= 0.6 is 11.6 Å². The van der Waals surface area contributed by atoms with Crippen LogP contribution in [0, 0.1) is 11.2 Å². The number of sulfonamides is 1. The van der Waals surface area contributed by atoms with Gasteiger partial charge in [-0.1, -0.05) is 48.9 Å². The number of nitrogens with one attached hydrogen (secondary N) is 1. The molecule has 5 rings (SSSR count). The van der Waals surface area contributed by atoms with Crippen molar-refractivity contribution in [1.29, 1.82) is 0 Å². The van der Waals surface area contributed by atoms with Crippen LogP contribution in [-0.4, -0.2) is 60.6 Å². The van der Waals surface area contributed by atoms with Crippen LogP contribution in [0.15, 0.2) is 70.6 Å². The topological polar surface area (TPSA) is 82.1 Å². The maximum absolute atomic E-state index is 14.1. The summed E-state index contributed by atoms with van der Waals surface area (Å²) in [6, 6.07) is 11.8. The Bertz CT molecular complexity index is 1420. The summed E-state index contributed by atoms with van der Waals surface area (Å²) in [4.78, 5) is 20.0. The third kappa shape index (κ3) is 5.49. The number of likely N-dealkylation sites (tertiary alicyclic amines) is 1. The van der Waals surface area contributed by atoms with Gasteiger partial charge in [-0.15, -0.1) is 0 Å². The smallest absolute Gasteiger partial charge is 0.249 e. The zero-order valence-electron chi connectivity index (χ0n) is 22.3. The van der Waals surface area contributed by atoms with Gasteiger partial charge in [-0.25, -0.2) is 12.8 Å².